The Morgan fingerprint density at radius 3 is 2.66 bits per heavy atom. The highest BCUT2D eigenvalue weighted by Crippen LogP contribution is 2.32. The average molecular weight is 396 g/mol. The maximum Gasteiger partial charge on any atom is 0.410 e. The van der Waals surface area contributed by atoms with Gasteiger partial charge in [-0.25, -0.2) is 9.59 Å². The number of rotatable bonds is 4. The molecule has 0 N–H and O–H groups in total. The number of hydrogen-bond donors (Lipinski definition) is 0. The van der Waals surface area contributed by atoms with Gasteiger partial charge in [0.15, 0.2) is 0 Å². The highest BCUT2D eigenvalue weighted by Gasteiger charge is 2.51. The zero-order valence-electron chi connectivity index (χ0n) is 16.6. The molecule has 0 radical (unpaired) electrons. The van der Waals surface area contributed by atoms with E-state index in [-0.39, 0.29) is 25.2 Å². The Kier molecular flexibility index (Phi) is 4.86. The molecule has 0 aliphatic carbocycles. The van der Waals surface area contributed by atoms with Gasteiger partial charge in [-0.15, -0.1) is 0 Å². The number of benzene rings is 1. The maximum absolute atomic E-state index is 13.0. The monoisotopic (exact) mass is 396 g/mol. The molecule has 152 valence electrons. The van der Waals surface area contributed by atoms with E-state index >= 15 is 0 Å². The van der Waals surface area contributed by atoms with Crippen LogP contribution in [0.4, 0.5) is 4.79 Å². The molecule has 2 aliphatic rings. The van der Waals surface area contributed by atoms with E-state index < -0.39 is 11.2 Å². The molecule has 8 nitrogen and oxygen atoms in total. The molecule has 0 spiro atoms. The molecule has 1 aromatic carbocycles. The lowest BCUT2D eigenvalue weighted by Gasteiger charge is -2.44. The molecular weight excluding hydrogens is 372 g/mol. The summed E-state index contributed by atoms with van der Waals surface area (Å²) in [6, 6.07) is 11.7. The summed E-state index contributed by atoms with van der Waals surface area (Å²) in [4.78, 5) is 44.9. The summed E-state index contributed by atoms with van der Waals surface area (Å²) in [6.07, 6.45) is 0.275. The van der Waals surface area contributed by atoms with Crippen LogP contribution in [0.5, 0.6) is 0 Å². The summed E-state index contributed by atoms with van der Waals surface area (Å²) in [7, 11) is 0. The van der Waals surface area contributed by atoms with Crippen molar-refractivity contribution >= 4 is 12.0 Å². The molecule has 8 heteroatoms. The topological polar surface area (TPSA) is 84.7 Å². The van der Waals surface area contributed by atoms with Gasteiger partial charge in [-0.1, -0.05) is 30.3 Å². The first-order valence-electron chi connectivity index (χ1n) is 9.69. The largest absolute Gasteiger partial charge is 0.447 e. The first-order chi connectivity index (χ1) is 13.9. The van der Waals surface area contributed by atoms with Crippen molar-refractivity contribution in [3.8, 4) is 0 Å². The van der Waals surface area contributed by atoms with Crippen molar-refractivity contribution in [2.75, 3.05) is 26.2 Å². The van der Waals surface area contributed by atoms with Crippen molar-refractivity contribution in [3.63, 3.8) is 0 Å². The fourth-order valence-corrected chi connectivity index (χ4v) is 4.25. The molecule has 2 amide bonds. The van der Waals surface area contributed by atoms with Crippen LogP contribution in [-0.4, -0.2) is 63.1 Å². The fraction of sp³-hybridized carbons (Fsp3) is 0.429. The van der Waals surface area contributed by atoms with Crippen molar-refractivity contribution in [2.24, 2.45) is 0 Å². The van der Waals surface area contributed by atoms with E-state index in [9.17, 15) is 14.4 Å². The van der Waals surface area contributed by atoms with Gasteiger partial charge in [-0.2, -0.15) is 4.98 Å². The van der Waals surface area contributed by atoms with Crippen molar-refractivity contribution in [1.29, 1.82) is 0 Å². The van der Waals surface area contributed by atoms with E-state index in [4.69, 9.17) is 4.74 Å². The Bertz CT molecular complexity index is 1000. The van der Waals surface area contributed by atoms with E-state index in [0.717, 1.165) is 5.56 Å². The third-order valence-electron chi connectivity index (χ3n) is 5.70. The Morgan fingerprint density at radius 1 is 1.17 bits per heavy atom. The zero-order valence-corrected chi connectivity index (χ0v) is 16.6. The second-order valence-corrected chi connectivity index (χ2v) is 7.82. The molecule has 1 aromatic heterocycles. The van der Waals surface area contributed by atoms with Gasteiger partial charge in [0, 0.05) is 37.4 Å². The highest BCUT2D eigenvalue weighted by molar-refractivity contribution is 5.78. The molecule has 0 bridgehead atoms. The number of piperazine rings is 1. The van der Waals surface area contributed by atoms with Crippen molar-refractivity contribution < 1.29 is 14.3 Å². The van der Waals surface area contributed by atoms with Crippen LogP contribution in [-0.2, 0) is 22.5 Å². The highest BCUT2D eigenvalue weighted by atomic mass is 16.6. The Hall–Kier alpha value is -3.16. The standard InChI is InChI=1S/C21H24N4O4/c1-15-10-16(2)24(19(27)22-15)12-18(26)23-8-9-25-20(28)29-14-21(25,13-23)11-17-6-4-3-5-7-17/h3-7,10H,8-9,11-14H2,1-2H3. The quantitative estimate of drug-likeness (QED) is 0.774. The van der Waals surface area contributed by atoms with Crippen LogP contribution in [0.25, 0.3) is 0 Å². The van der Waals surface area contributed by atoms with Crippen molar-refractivity contribution in [1.82, 2.24) is 19.4 Å². The minimum absolute atomic E-state index is 0.0613. The lowest BCUT2D eigenvalue weighted by atomic mass is 9.88. The number of fused-ring (bicyclic) bond motifs is 1. The summed E-state index contributed by atoms with van der Waals surface area (Å²) in [5.74, 6) is -0.160. The minimum Gasteiger partial charge on any atom is -0.447 e. The van der Waals surface area contributed by atoms with Gasteiger partial charge in [0.1, 0.15) is 18.7 Å². The SMILES string of the molecule is Cc1cc(C)n(CC(=O)N2CCN3C(=O)OCC3(Cc3ccccc3)C2)c(=O)n1. The zero-order chi connectivity index (χ0) is 20.6. The molecule has 2 aliphatic heterocycles. The molecule has 1 atom stereocenters. The van der Waals surface area contributed by atoms with Gasteiger partial charge in [0.25, 0.3) is 0 Å². The van der Waals surface area contributed by atoms with Crippen LogP contribution in [0.2, 0.25) is 0 Å². The number of aromatic nitrogens is 2. The number of amides is 2. The first kappa shape index (κ1) is 19.2. The van der Waals surface area contributed by atoms with E-state index in [0.29, 0.717) is 37.4 Å². The summed E-state index contributed by atoms with van der Waals surface area (Å²) in [6.45, 7) is 4.93. The summed E-state index contributed by atoms with van der Waals surface area (Å²) in [5.41, 5.74) is 1.41. The van der Waals surface area contributed by atoms with Crippen LogP contribution >= 0.6 is 0 Å². The molecule has 1 unspecified atom stereocenters. The molecule has 3 heterocycles. The number of aryl methyl sites for hydroxylation is 2. The smallest absolute Gasteiger partial charge is 0.410 e. The minimum atomic E-state index is -0.585. The second kappa shape index (κ2) is 7.35. The number of nitrogens with zero attached hydrogens (tertiary/aromatic N) is 4. The van der Waals surface area contributed by atoms with Gasteiger partial charge in [-0.05, 0) is 25.5 Å². The number of carbonyl (C=O) groups excluding carboxylic acids is 2. The normalized spacial score (nSPS) is 21.1. The molecule has 4 rings (SSSR count). The Morgan fingerprint density at radius 2 is 1.93 bits per heavy atom. The number of cyclic esters (lactones) is 1. The Balaban J connectivity index is 1.56. The second-order valence-electron chi connectivity index (χ2n) is 7.82. The van der Waals surface area contributed by atoms with E-state index in [2.05, 4.69) is 4.98 Å². The summed E-state index contributed by atoms with van der Waals surface area (Å²) in [5, 5.41) is 0. The lowest BCUT2D eigenvalue weighted by molar-refractivity contribution is -0.136. The van der Waals surface area contributed by atoms with Crippen LogP contribution in [0.3, 0.4) is 0 Å². The third kappa shape index (κ3) is 3.62. The van der Waals surface area contributed by atoms with Crippen LogP contribution in [0.1, 0.15) is 17.0 Å². The Labute approximate surface area is 168 Å². The molecule has 29 heavy (non-hydrogen) atoms. The molecule has 0 saturated carbocycles. The fourth-order valence-electron chi connectivity index (χ4n) is 4.25. The molecular formula is C21H24N4O4. The van der Waals surface area contributed by atoms with Gasteiger partial charge in [0.05, 0.1) is 0 Å². The van der Waals surface area contributed by atoms with Gasteiger partial charge in [-0.3, -0.25) is 14.3 Å². The third-order valence-corrected chi connectivity index (χ3v) is 5.70. The molecule has 2 saturated heterocycles. The van der Waals surface area contributed by atoms with Crippen LogP contribution < -0.4 is 5.69 Å². The molecule has 2 fully saturated rings. The number of carbonyl (C=O) groups is 2. The summed E-state index contributed by atoms with van der Waals surface area (Å²) < 4.78 is 6.75. The van der Waals surface area contributed by atoms with Gasteiger partial charge < -0.3 is 9.64 Å². The van der Waals surface area contributed by atoms with Crippen LogP contribution in [0.15, 0.2) is 41.2 Å². The predicted molar refractivity (Wildman–Crippen MR) is 105 cm³/mol. The first-order valence-corrected chi connectivity index (χ1v) is 9.69. The van der Waals surface area contributed by atoms with Gasteiger partial charge >= 0.3 is 11.8 Å². The van der Waals surface area contributed by atoms with E-state index in [1.54, 1.807) is 29.7 Å². The molecule has 2 aromatic rings. The van der Waals surface area contributed by atoms with E-state index in [1.807, 2.05) is 30.3 Å². The predicted octanol–water partition coefficient (Wildman–Crippen LogP) is 1.14. The summed E-state index contributed by atoms with van der Waals surface area (Å²) >= 11 is 0. The average Bonchev–Trinajstić information content (AvgIpc) is 3.01. The van der Waals surface area contributed by atoms with Crippen molar-refractivity contribution in [2.45, 2.75) is 32.4 Å². The van der Waals surface area contributed by atoms with Crippen LogP contribution in [0, 0.1) is 13.8 Å². The van der Waals surface area contributed by atoms with Crippen molar-refractivity contribution in [3.05, 3.63) is 63.8 Å². The van der Waals surface area contributed by atoms with Gasteiger partial charge in [0.2, 0.25) is 5.91 Å². The van der Waals surface area contributed by atoms with E-state index in [1.165, 1.54) is 4.57 Å². The lowest BCUT2D eigenvalue weighted by Crippen LogP contribution is -2.63. The number of hydrogen-bond acceptors (Lipinski definition) is 5. The number of ether oxygens (including phenoxy) is 1. The maximum atomic E-state index is 13.0.